The van der Waals surface area contributed by atoms with E-state index >= 15 is 0 Å². The maximum atomic E-state index is 4.51. The van der Waals surface area contributed by atoms with Crippen molar-refractivity contribution in [2.24, 2.45) is 0 Å². The summed E-state index contributed by atoms with van der Waals surface area (Å²) < 4.78 is 0. The van der Waals surface area contributed by atoms with Gasteiger partial charge in [-0.2, -0.15) is 0 Å². The van der Waals surface area contributed by atoms with Crippen LogP contribution in [0.15, 0.2) is 11.6 Å². The van der Waals surface area contributed by atoms with Gasteiger partial charge in [-0.25, -0.2) is 4.98 Å². The van der Waals surface area contributed by atoms with Gasteiger partial charge in [0, 0.05) is 23.7 Å². The Balaban J connectivity index is 1.74. The summed E-state index contributed by atoms with van der Waals surface area (Å²) in [6.07, 6.45) is 8.73. The Morgan fingerprint density at radius 2 is 2.33 bits per heavy atom. The summed E-state index contributed by atoms with van der Waals surface area (Å²) >= 11 is 1.80. The number of likely N-dealkylation sites (tertiary alicyclic amines) is 1. The molecular formula is C14H23N3S. The molecule has 3 nitrogen and oxygen atoms in total. The van der Waals surface area contributed by atoms with Crippen LogP contribution in [0.4, 0.5) is 0 Å². The third-order valence-corrected chi connectivity index (χ3v) is 5.41. The number of hydrogen-bond donors (Lipinski definition) is 1. The van der Waals surface area contributed by atoms with E-state index in [0.29, 0.717) is 12.1 Å². The summed E-state index contributed by atoms with van der Waals surface area (Å²) in [5, 5.41) is 7.07. The average Bonchev–Trinajstić information content (AvgIpc) is 3.11. The minimum atomic E-state index is 0.484. The first-order valence-electron chi connectivity index (χ1n) is 7.25. The zero-order valence-corrected chi connectivity index (χ0v) is 12.0. The minimum absolute atomic E-state index is 0.484. The number of hydrogen-bond acceptors (Lipinski definition) is 4. The Hall–Kier alpha value is -0.450. The zero-order chi connectivity index (χ0) is 12.4. The number of rotatable bonds is 3. The molecule has 100 valence electrons. The van der Waals surface area contributed by atoms with E-state index in [4.69, 9.17) is 0 Å². The minimum Gasteiger partial charge on any atom is -0.312 e. The molecule has 1 N–H and O–H groups in total. The largest absolute Gasteiger partial charge is 0.312 e. The van der Waals surface area contributed by atoms with Crippen molar-refractivity contribution >= 4 is 11.3 Å². The fourth-order valence-electron chi connectivity index (χ4n) is 3.52. The van der Waals surface area contributed by atoms with Crippen LogP contribution in [0.25, 0.3) is 0 Å². The molecule has 0 saturated carbocycles. The van der Waals surface area contributed by atoms with Crippen molar-refractivity contribution in [1.29, 1.82) is 0 Å². The molecule has 2 fully saturated rings. The second kappa shape index (κ2) is 5.68. The first-order chi connectivity index (χ1) is 8.86. The molecule has 0 aromatic carbocycles. The fourth-order valence-corrected chi connectivity index (χ4v) is 4.23. The smallest absolute Gasteiger partial charge is 0.109 e. The van der Waals surface area contributed by atoms with Crippen LogP contribution in [0.2, 0.25) is 0 Å². The molecule has 4 heteroatoms. The number of piperidine rings is 1. The van der Waals surface area contributed by atoms with Crippen molar-refractivity contribution in [2.45, 2.75) is 57.2 Å². The molecule has 3 rings (SSSR count). The lowest BCUT2D eigenvalue weighted by molar-refractivity contribution is 0.0801. The Bertz CT molecular complexity index is 359. The van der Waals surface area contributed by atoms with Crippen molar-refractivity contribution in [3.63, 3.8) is 0 Å². The first kappa shape index (κ1) is 12.6. The lowest BCUT2D eigenvalue weighted by Gasteiger charge is -2.42. The summed E-state index contributed by atoms with van der Waals surface area (Å²) in [6, 6.07) is 1.92. The second-order valence-electron chi connectivity index (χ2n) is 5.55. The van der Waals surface area contributed by atoms with Crippen LogP contribution < -0.4 is 5.32 Å². The van der Waals surface area contributed by atoms with Crippen LogP contribution in [0, 0.1) is 0 Å². The third-order valence-electron chi connectivity index (χ3n) is 4.46. The molecule has 18 heavy (non-hydrogen) atoms. The molecule has 0 aliphatic carbocycles. The molecule has 0 spiro atoms. The molecule has 3 unspecified atom stereocenters. The molecular weight excluding hydrogens is 242 g/mol. The van der Waals surface area contributed by atoms with E-state index in [1.165, 1.54) is 50.2 Å². The van der Waals surface area contributed by atoms with Crippen LogP contribution in [-0.2, 0) is 0 Å². The highest BCUT2D eigenvalue weighted by molar-refractivity contribution is 7.09. The quantitative estimate of drug-likeness (QED) is 0.911. The van der Waals surface area contributed by atoms with Gasteiger partial charge in [-0.3, -0.25) is 4.90 Å². The SMILES string of the molecule is CC(c1nccs1)N1CCCCC1C1CCCN1. The monoisotopic (exact) mass is 265 g/mol. The van der Waals surface area contributed by atoms with Crippen molar-refractivity contribution in [3.05, 3.63) is 16.6 Å². The van der Waals surface area contributed by atoms with Crippen LogP contribution in [0.5, 0.6) is 0 Å². The normalized spacial score (nSPS) is 31.6. The van der Waals surface area contributed by atoms with Crippen molar-refractivity contribution < 1.29 is 0 Å². The standard InChI is InChI=1S/C14H23N3S/c1-11(14-16-8-10-18-14)17-9-3-2-6-13(17)12-5-4-7-15-12/h8,10-13,15H,2-7,9H2,1H3. The van der Waals surface area contributed by atoms with Gasteiger partial charge in [0.15, 0.2) is 0 Å². The predicted octanol–water partition coefficient (Wildman–Crippen LogP) is 2.81. The number of nitrogens with one attached hydrogen (secondary N) is 1. The van der Waals surface area contributed by atoms with Crippen LogP contribution >= 0.6 is 11.3 Å². The molecule has 2 aliphatic heterocycles. The number of aromatic nitrogens is 1. The van der Waals surface area contributed by atoms with E-state index in [-0.39, 0.29) is 0 Å². The maximum absolute atomic E-state index is 4.51. The Kier molecular flexibility index (Phi) is 3.97. The Labute approximate surface area is 114 Å². The van der Waals surface area contributed by atoms with E-state index in [1.807, 2.05) is 6.20 Å². The second-order valence-corrected chi connectivity index (χ2v) is 6.48. The highest BCUT2D eigenvalue weighted by Crippen LogP contribution is 2.32. The van der Waals surface area contributed by atoms with E-state index in [9.17, 15) is 0 Å². The molecule has 2 aliphatic rings. The van der Waals surface area contributed by atoms with Gasteiger partial charge in [0.25, 0.3) is 0 Å². The molecule has 0 amide bonds. The topological polar surface area (TPSA) is 28.2 Å². The Morgan fingerprint density at radius 3 is 3.06 bits per heavy atom. The van der Waals surface area contributed by atoms with Crippen molar-refractivity contribution in [2.75, 3.05) is 13.1 Å². The van der Waals surface area contributed by atoms with E-state index in [1.54, 1.807) is 11.3 Å². The molecule has 0 bridgehead atoms. The van der Waals surface area contributed by atoms with E-state index in [0.717, 1.165) is 6.04 Å². The summed E-state index contributed by atoms with van der Waals surface area (Å²) in [6.45, 7) is 4.77. The fraction of sp³-hybridized carbons (Fsp3) is 0.786. The summed E-state index contributed by atoms with van der Waals surface area (Å²) in [5.41, 5.74) is 0. The van der Waals surface area contributed by atoms with Gasteiger partial charge in [-0.1, -0.05) is 6.42 Å². The number of thiazole rings is 1. The lowest BCUT2D eigenvalue weighted by atomic mass is 9.93. The summed E-state index contributed by atoms with van der Waals surface area (Å²) in [5.74, 6) is 0. The van der Waals surface area contributed by atoms with E-state index in [2.05, 4.69) is 27.5 Å². The molecule has 1 aromatic heterocycles. The highest BCUT2D eigenvalue weighted by Gasteiger charge is 2.34. The average molecular weight is 265 g/mol. The summed E-state index contributed by atoms with van der Waals surface area (Å²) in [4.78, 5) is 7.21. The van der Waals surface area contributed by atoms with Gasteiger partial charge in [0.2, 0.25) is 0 Å². The van der Waals surface area contributed by atoms with Gasteiger partial charge >= 0.3 is 0 Å². The Morgan fingerprint density at radius 1 is 1.39 bits per heavy atom. The van der Waals surface area contributed by atoms with Crippen LogP contribution in [0.3, 0.4) is 0 Å². The zero-order valence-electron chi connectivity index (χ0n) is 11.1. The highest BCUT2D eigenvalue weighted by atomic mass is 32.1. The van der Waals surface area contributed by atoms with Crippen molar-refractivity contribution in [3.8, 4) is 0 Å². The van der Waals surface area contributed by atoms with Gasteiger partial charge in [0.1, 0.15) is 5.01 Å². The molecule has 0 radical (unpaired) electrons. The first-order valence-corrected chi connectivity index (χ1v) is 8.13. The van der Waals surface area contributed by atoms with Crippen LogP contribution in [-0.4, -0.2) is 35.1 Å². The van der Waals surface area contributed by atoms with Gasteiger partial charge in [0.05, 0.1) is 6.04 Å². The molecule has 3 atom stereocenters. The maximum Gasteiger partial charge on any atom is 0.109 e. The van der Waals surface area contributed by atoms with Gasteiger partial charge < -0.3 is 5.32 Å². The molecule has 1 aromatic rings. The molecule has 2 saturated heterocycles. The van der Waals surface area contributed by atoms with Crippen molar-refractivity contribution in [1.82, 2.24) is 15.2 Å². The summed E-state index contributed by atoms with van der Waals surface area (Å²) in [7, 11) is 0. The molecule has 3 heterocycles. The predicted molar refractivity (Wildman–Crippen MR) is 75.9 cm³/mol. The van der Waals surface area contributed by atoms with Gasteiger partial charge in [-0.05, 0) is 45.7 Å². The number of nitrogens with zero attached hydrogens (tertiary/aromatic N) is 2. The van der Waals surface area contributed by atoms with Crippen LogP contribution in [0.1, 0.15) is 50.1 Å². The van der Waals surface area contributed by atoms with E-state index < -0.39 is 0 Å². The lowest BCUT2D eigenvalue weighted by Crippen LogP contribution is -2.50. The van der Waals surface area contributed by atoms with Gasteiger partial charge in [-0.15, -0.1) is 11.3 Å². The third kappa shape index (κ3) is 2.46.